The largest absolute Gasteiger partial charge is 0.377 e. The normalized spacial score (nSPS) is 23.1. The summed E-state index contributed by atoms with van der Waals surface area (Å²) in [5, 5.41) is 4.29. The van der Waals surface area contributed by atoms with Crippen molar-refractivity contribution in [1.29, 1.82) is 0 Å². The van der Waals surface area contributed by atoms with Gasteiger partial charge in [-0.3, -0.25) is 4.68 Å². The van der Waals surface area contributed by atoms with E-state index in [2.05, 4.69) is 5.10 Å². The Balaban J connectivity index is 2.39. The van der Waals surface area contributed by atoms with Crippen LogP contribution in [0.3, 0.4) is 0 Å². The Kier molecular flexibility index (Phi) is 4.72. The molecule has 0 radical (unpaired) electrons. The monoisotopic (exact) mass is 316 g/mol. The lowest BCUT2D eigenvalue weighted by Crippen LogP contribution is -2.41. The molecule has 0 amide bonds. The van der Waals surface area contributed by atoms with Crippen molar-refractivity contribution in [3.63, 3.8) is 0 Å². The number of ether oxygens (including phenoxy) is 1. The van der Waals surface area contributed by atoms with E-state index in [4.69, 9.17) is 10.5 Å². The van der Waals surface area contributed by atoms with E-state index in [1.807, 2.05) is 6.92 Å². The van der Waals surface area contributed by atoms with E-state index >= 15 is 0 Å². The lowest BCUT2D eigenvalue weighted by atomic mass is 10.2. The fourth-order valence-corrected chi connectivity index (χ4v) is 4.73. The molecule has 2 unspecified atom stereocenters. The summed E-state index contributed by atoms with van der Waals surface area (Å²) < 4.78 is 34.4. The van der Waals surface area contributed by atoms with Crippen molar-refractivity contribution in [2.75, 3.05) is 20.2 Å². The third-order valence-electron chi connectivity index (χ3n) is 4.10. The van der Waals surface area contributed by atoms with Crippen LogP contribution in [0.15, 0.2) is 4.90 Å². The molecule has 21 heavy (non-hydrogen) atoms. The van der Waals surface area contributed by atoms with Crippen molar-refractivity contribution in [3.05, 3.63) is 11.4 Å². The van der Waals surface area contributed by atoms with Gasteiger partial charge in [0.15, 0.2) is 0 Å². The number of nitrogens with zero attached hydrogens (tertiary/aromatic N) is 3. The predicted molar refractivity (Wildman–Crippen MR) is 79.5 cm³/mol. The summed E-state index contributed by atoms with van der Waals surface area (Å²) in [5.74, 6) is 0. The maximum atomic E-state index is 12.9. The van der Waals surface area contributed by atoms with E-state index in [0.717, 1.165) is 0 Å². The minimum atomic E-state index is -3.58. The molecule has 1 aliphatic rings. The number of aromatic nitrogens is 2. The molecule has 1 fully saturated rings. The van der Waals surface area contributed by atoms with Crippen LogP contribution in [0, 0.1) is 13.8 Å². The topological polar surface area (TPSA) is 90.5 Å². The van der Waals surface area contributed by atoms with Gasteiger partial charge in [0.05, 0.1) is 30.1 Å². The summed E-state index contributed by atoms with van der Waals surface area (Å²) in [7, 11) is -1.97. The van der Waals surface area contributed by atoms with Crippen molar-refractivity contribution in [3.8, 4) is 0 Å². The fourth-order valence-electron chi connectivity index (χ4n) is 2.91. The van der Waals surface area contributed by atoms with Crippen LogP contribution in [-0.2, 0) is 21.3 Å². The molecule has 2 heterocycles. The van der Waals surface area contributed by atoms with Gasteiger partial charge in [-0.25, -0.2) is 8.42 Å². The van der Waals surface area contributed by atoms with E-state index in [1.54, 1.807) is 25.6 Å². The second-order valence-electron chi connectivity index (χ2n) is 5.46. The highest BCUT2D eigenvalue weighted by molar-refractivity contribution is 7.89. The molecule has 1 aromatic rings. The Morgan fingerprint density at radius 3 is 2.67 bits per heavy atom. The Hall–Kier alpha value is -0.960. The van der Waals surface area contributed by atoms with Crippen LogP contribution >= 0.6 is 0 Å². The number of likely N-dealkylation sites (N-methyl/N-ethyl adjacent to an activating group) is 1. The van der Waals surface area contributed by atoms with Crippen molar-refractivity contribution in [2.24, 2.45) is 5.73 Å². The lowest BCUT2D eigenvalue weighted by Gasteiger charge is -2.26. The van der Waals surface area contributed by atoms with Crippen LogP contribution in [0.25, 0.3) is 0 Å². The fraction of sp³-hybridized carbons (Fsp3) is 0.769. The third-order valence-corrected chi connectivity index (χ3v) is 6.23. The zero-order valence-electron chi connectivity index (χ0n) is 13.0. The second kappa shape index (κ2) is 6.04. The van der Waals surface area contributed by atoms with Gasteiger partial charge in [0.2, 0.25) is 10.0 Å². The molecule has 0 saturated carbocycles. The summed E-state index contributed by atoms with van der Waals surface area (Å²) in [6, 6.07) is -0.133. The first kappa shape index (κ1) is 16.4. The first-order chi connectivity index (χ1) is 9.80. The maximum Gasteiger partial charge on any atom is 0.246 e. The molecule has 0 bridgehead atoms. The molecule has 120 valence electrons. The van der Waals surface area contributed by atoms with Crippen LogP contribution in [0.4, 0.5) is 0 Å². The van der Waals surface area contributed by atoms with E-state index in [9.17, 15) is 8.42 Å². The highest BCUT2D eigenvalue weighted by Crippen LogP contribution is 2.28. The number of sulfonamides is 1. The highest BCUT2D eigenvalue weighted by atomic mass is 32.2. The molecule has 8 heteroatoms. The van der Waals surface area contributed by atoms with Gasteiger partial charge in [-0.05, 0) is 27.2 Å². The quantitative estimate of drug-likeness (QED) is 0.841. The van der Waals surface area contributed by atoms with Crippen LogP contribution in [0.1, 0.15) is 24.7 Å². The first-order valence-corrected chi connectivity index (χ1v) is 8.58. The van der Waals surface area contributed by atoms with Gasteiger partial charge in [0.25, 0.3) is 0 Å². The average molecular weight is 316 g/mol. The molecular weight excluding hydrogens is 292 g/mol. The molecular formula is C13H24N4O3S. The molecule has 1 aromatic heterocycles. The van der Waals surface area contributed by atoms with Gasteiger partial charge in [-0.2, -0.15) is 9.40 Å². The van der Waals surface area contributed by atoms with E-state index in [1.165, 1.54) is 4.31 Å². The standard InChI is InChI=1S/C13H24N4O3S/c1-9-13(10(2)17(15-9)7-6-14)21(18,19)16(4)12-5-8-20-11(12)3/h11-12H,5-8,14H2,1-4H3. The van der Waals surface area contributed by atoms with E-state index in [-0.39, 0.29) is 17.0 Å². The van der Waals surface area contributed by atoms with Crippen LogP contribution in [-0.4, -0.2) is 54.8 Å². The average Bonchev–Trinajstić information content (AvgIpc) is 2.94. The number of nitrogens with two attached hydrogens (primary N) is 1. The highest BCUT2D eigenvalue weighted by Gasteiger charge is 2.37. The Labute approximate surface area is 126 Å². The van der Waals surface area contributed by atoms with E-state index in [0.29, 0.717) is 37.5 Å². The molecule has 1 saturated heterocycles. The van der Waals surface area contributed by atoms with Gasteiger partial charge in [-0.15, -0.1) is 0 Å². The van der Waals surface area contributed by atoms with Gasteiger partial charge >= 0.3 is 0 Å². The SMILES string of the molecule is Cc1nn(CCN)c(C)c1S(=O)(=O)N(C)C1CCOC1C. The number of rotatable bonds is 5. The van der Waals surface area contributed by atoms with Crippen LogP contribution in [0.5, 0.6) is 0 Å². The third kappa shape index (κ3) is 2.85. The lowest BCUT2D eigenvalue weighted by molar-refractivity contribution is 0.102. The molecule has 2 N–H and O–H groups in total. The van der Waals surface area contributed by atoms with Crippen molar-refractivity contribution in [1.82, 2.24) is 14.1 Å². The Morgan fingerprint density at radius 1 is 1.48 bits per heavy atom. The smallest absolute Gasteiger partial charge is 0.246 e. The maximum absolute atomic E-state index is 12.9. The first-order valence-electron chi connectivity index (χ1n) is 7.14. The van der Waals surface area contributed by atoms with E-state index < -0.39 is 10.0 Å². The summed E-state index contributed by atoms with van der Waals surface area (Å²) in [5.41, 5.74) is 6.69. The summed E-state index contributed by atoms with van der Waals surface area (Å²) >= 11 is 0. The summed E-state index contributed by atoms with van der Waals surface area (Å²) in [6.45, 7) is 6.91. The molecule has 2 atom stereocenters. The Bertz CT molecular complexity index is 611. The summed E-state index contributed by atoms with van der Waals surface area (Å²) in [4.78, 5) is 0.289. The summed E-state index contributed by atoms with van der Waals surface area (Å²) in [6.07, 6.45) is 0.621. The van der Waals surface area contributed by atoms with Crippen LogP contribution in [0.2, 0.25) is 0 Å². The predicted octanol–water partition coefficient (Wildman–Crippen LogP) is 0.257. The van der Waals surface area contributed by atoms with Crippen LogP contribution < -0.4 is 5.73 Å². The number of hydrogen-bond donors (Lipinski definition) is 1. The minimum absolute atomic E-state index is 0.0931. The zero-order valence-corrected chi connectivity index (χ0v) is 13.9. The minimum Gasteiger partial charge on any atom is -0.377 e. The molecule has 1 aliphatic heterocycles. The molecule has 7 nitrogen and oxygen atoms in total. The van der Waals surface area contributed by atoms with Crippen molar-refractivity contribution >= 4 is 10.0 Å². The van der Waals surface area contributed by atoms with Gasteiger partial charge in [0, 0.05) is 20.2 Å². The van der Waals surface area contributed by atoms with Gasteiger partial charge in [0.1, 0.15) is 4.90 Å². The van der Waals surface area contributed by atoms with Crippen molar-refractivity contribution in [2.45, 2.75) is 50.8 Å². The molecule has 0 spiro atoms. The molecule has 2 rings (SSSR count). The Morgan fingerprint density at radius 2 is 2.14 bits per heavy atom. The second-order valence-corrected chi connectivity index (χ2v) is 7.40. The van der Waals surface area contributed by atoms with Gasteiger partial charge in [-0.1, -0.05) is 0 Å². The number of hydrogen-bond acceptors (Lipinski definition) is 5. The molecule has 0 aliphatic carbocycles. The number of aryl methyl sites for hydroxylation is 1. The molecule has 0 aromatic carbocycles. The zero-order chi connectivity index (χ0) is 15.8. The van der Waals surface area contributed by atoms with Crippen molar-refractivity contribution < 1.29 is 13.2 Å². The van der Waals surface area contributed by atoms with Gasteiger partial charge < -0.3 is 10.5 Å².